The van der Waals surface area contributed by atoms with Crippen molar-refractivity contribution < 1.29 is 48.3 Å². The maximum Gasteiger partial charge on any atom is 0.435 e. The molecule has 4 rings (SSSR count). The standard InChI is InChI=1S/C27H22F8N2O3S/c28-20-7-9-22(10-8-20)41(39,40)24(12-11-21(15-24)37-23(38)14-17-2-1-13-36-16-17)18-3-5-19(6-4-18)25(29,26(30,31)32)27(33,34)35/h1-10,13,16,21H,11-12,14-15H2,(H,37,38). The van der Waals surface area contributed by atoms with Gasteiger partial charge in [-0.25, -0.2) is 17.2 Å². The lowest BCUT2D eigenvalue weighted by Crippen LogP contribution is -2.50. The second-order valence-corrected chi connectivity index (χ2v) is 12.0. The largest absolute Gasteiger partial charge is 0.435 e. The molecule has 1 aliphatic carbocycles. The van der Waals surface area contributed by atoms with Gasteiger partial charge in [0.25, 0.3) is 0 Å². The highest BCUT2D eigenvalue weighted by molar-refractivity contribution is 7.92. The Labute approximate surface area is 229 Å². The van der Waals surface area contributed by atoms with Gasteiger partial charge >= 0.3 is 18.0 Å². The topological polar surface area (TPSA) is 76.1 Å². The van der Waals surface area contributed by atoms with Crippen molar-refractivity contribution in [2.24, 2.45) is 0 Å². The van der Waals surface area contributed by atoms with Crippen molar-refractivity contribution in [1.29, 1.82) is 0 Å². The van der Waals surface area contributed by atoms with E-state index < -0.39 is 55.9 Å². The van der Waals surface area contributed by atoms with Crippen LogP contribution in [-0.4, -0.2) is 37.7 Å². The van der Waals surface area contributed by atoms with E-state index >= 15 is 0 Å². The summed E-state index contributed by atoms with van der Waals surface area (Å²) in [6.07, 6.45) is -10.2. The third kappa shape index (κ3) is 5.53. The van der Waals surface area contributed by atoms with Crippen molar-refractivity contribution in [3.05, 3.63) is 95.6 Å². The molecule has 1 amide bonds. The fraction of sp³-hybridized carbons (Fsp3) is 0.333. The van der Waals surface area contributed by atoms with Gasteiger partial charge < -0.3 is 5.32 Å². The van der Waals surface area contributed by atoms with Crippen LogP contribution in [0, 0.1) is 5.82 Å². The number of pyridine rings is 1. The van der Waals surface area contributed by atoms with Gasteiger partial charge in [0.1, 0.15) is 10.6 Å². The lowest BCUT2D eigenvalue weighted by molar-refractivity contribution is -0.348. The highest BCUT2D eigenvalue weighted by Crippen LogP contribution is 2.54. The first-order chi connectivity index (χ1) is 19.0. The van der Waals surface area contributed by atoms with E-state index in [2.05, 4.69) is 10.3 Å². The van der Waals surface area contributed by atoms with E-state index in [0.29, 0.717) is 17.7 Å². The maximum atomic E-state index is 14.6. The summed E-state index contributed by atoms with van der Waals surface area (Å²) in [5.41, 5.74) is -7.09. The van der Waals surface area contributed by atoms with E-state index in [9.17, 15) is 48.3 Å². The van der Waals surface area contributed by atoms with Crippen molar-refractivity contribution in [1.82, 2.24) is 10.3 Å². The highest BCUT2D eigenvalue weighted by atomic mass is 32.2. The number of aromatic nitrogens is 1. The minimum absolute atomic E-state index is 0.0792. The summed E-state index contributed by atoms with van der Waals surface area (Å²) in [6, 6.07) is 8.18. The van der Waals surface area contributed by atoms with Gasteiger partial charge in [-0.1, -0.05) is 30.3 Å². The van der Waals surface area contributed by atoms with E-state index in [4.69, 9.17) is 0 Å². The molecule has 41 heavy (non-hydrogen) atoms. The van der Waals surface area contributed by atoms with Crippen LogP contribution in [0.25, 0.3) is 0 Å². The van der Waals surface area contributed by atoms with Crippen LogP contribution in [0.3, 0.4) is 0 Å². The molecule has 0 spiro atoms. The van der Waals surface area contributed by atoms with E-state index in [-0.39, 0.29) is 48.3 Å². The summed E-state index contributed by atoms with van der Waals surface area (Å²) in [6.45, 7) is 0. The number of halogens is 8. The van der Waals surface area contributed by atoms with E-state index in [1.807, 2.05) is 0 Å². The number of alkyl halides is 7. The molecule has 0 bridgehead atoms. The molecule has 220 valence electrons. The smallest absolute Gasteiger partial charge is 0.353 e. The van der Waals surface area contributed by atoms with Crippen LogP contribution < -0.4 is 5.32 Å². The minimum Gasteiger partial charge on any atom is -0.353 e. The Bertz CT molecular complexity index is 1480. The fourth-order valence-electron chi connectivity index (χ4n) is 5.09. The Hall–Kier alpha value is -3.55. The van der Waals surface area contributed by atoms with Crippen molar-refractivity contribution in [2.45, 2.75) is 59.4 Å². The van der Waals surface area contributed by atoms with Gasteiger partial charge in [-0.3, -0.25) is 9.78 Å². The zero-order chi connectivity index (χ0) is 30.3. The summed E-state index contributed by atoms with van der Waals surface area (Å²) < 4.78 is 134. The molecular weight excluding hydrogens is 584 g/mol. The molecule has 1 fully saturated rings. The second-order valence-electron chi connectivity index (χ2n) is 9.73. The summed E-state index contributed by atoms with van der Waals surface area (Å²) in [7, 11) is -4.47. The Kier molecular flexibility index (Phi) is 7.93. The van der Waals surface area contributed by atoms with Crippen LogP contribution in [0.5, 0.6) is 0 Å². The van der Waals surface area contributed by atoms with E-state index in [1.54, 1.807) is 12.1 Å². The number of amides is 1. The number of hydrogen-bond acceptors (Lipinski definition) is 4. The van der Waals surface area contributed by atoms with Gasteiger partial charge in [-0.05, 0) is 60.7 Å². The summed E-state index contributed by atoms with van der Waals surface area (Å²) in [5.74, 6) is -1.21. The van der Waals surface area contributed by atoms with Gasteiger partial charge in [0.05, 0.1) is 11.3 Å². The molecule has 0 saturated heterocycles. The fourth-order valence-corrected chi connectivity index (χ4v) is 7.29. The SMILES string of the molecule is O=C(Cc1cccnc1)NC1CCC(c2ccc(C(F)(C(F)(F)F)C(F)(F)F)cc2)(S(=O)(=O)c2ccc(F)cc2)C1. The van der Waals surface area contributed by atoms with Gasteiger partial charge in [-0.2, -0.15) is 26.3 Å². The number of nitrogens with one attached hydrogen (secondary N) is 1. The van der Waals surface area contributed by atoms with Crippen LogP contribution in [0.15, 0.2) is 78.0 Å². The molecule has 1 heterocycles. The van der Waals surface area contributed by atoms with Crippen molar-refractivity contribution in [3.8, 4) is 0 Å². The summed E-state index contributed by atoms with van der Waals surface area (Å²) in [5, 5.41) is 2.71. The summed E-state index contributed by atoms with van der Waals surface area (Å²) in [4.78, 5) is 16.2. The molecule has 14 heteroatoms. The quantitative estimate of drug-likeness (QED) is 0.261. The molecular formula is C27H22F8N2O3S. The van der Waals surface area contributed by atoms with Gasteiger partial charge in [0.2, 0.25) is 5.91 Å². The Morgan fingerprint density at radius 1 is 0.927 bits per heavy atom. The van der Waals surface area contributed by atoms with E-state index in [0.717, 1.165) is 24.3 Å². The predicted octanol–water partition coefficient (Wildman–Crippen LogP) is 6.09. The summed E-state index contributed by atoms with van der Waals surface area (Å²) >= 11 is 0. The first-order valence-electron chi connectivity index (χ1n) is 12.1. The molecule has 1 saturated carbocycles. The zero-order valence-electron chi connectivity index (χ0n) is 20.9. The average molecular weight is 607 g/mol. The number of nitrogens with zero attached hydrogens (tertiary/aromatic N) is 1. The minimum atomic E-state index is -6.35. The number of hydrogen-bond donors (Lipinski definition) is 1. The first-order valence-corrected chi connectivity index (χ1v) is 13.6. The predicted molar refractivity (Wildman–Crippen MR) is 130 cm³/mol. The van der Waals surface area contributed by atoms with Gasteiger partial charge in [0, 0.05) is 24.0 Å². The lowest BCUT2D eigenvalue weighted by Gasteiger charge is -2.32. The first kappa shape index (κ1) is 30.4. The number of carbonyl (C=O) groups excluding carboxylic acids is 1. The number of rotatable bonds is 7. The van der Waals surface area contributed by atoms with Crippen LogP contribution in [0.4, 0.5) is 35.1 Å². The molecule has 1 N–H and O–H groups in total. The lowest BCUT2D eigenvalue weighted by atomic mass is 9.89. The van der Waals surface area contributed by atoms with Crippen LogP contribution in [0.1, 0.15) is 36.0 Å². The van der Waals surface area contributed by atoms with Crippen LogP contribution in [0.2, 0.25) is 0 Å². The zero-order valence-corrected chi connectivity index (χ0v) is 21.8. The monoisotopic (exact) mass is 606 g/mol. The van der Waals surface area contributed by atoms with Crippen LogP contribution in [-0.2, 0) is 31.5 Å². The molecule has 5 nitrogen and oxygen atoms in total. The van der Waals surface area contributed by atoms with Crippen molar-refractivity contribution >= 4 is 15.7 Å². The van der Waals surface area contributed by atoms with Crippen molar-refractivity contribution in [3.63, 3.8) is 0 Å². The molecule has 1 aliphatic rings. The molecule has 2 aromatic carbocycles. The Morgan fingerprint density at radius 3 is 2.07 bits per heavy atom. The number of carbonyl (C=O) groups is 1. The molecule has 1 aromatic heterocycles. The van der Waals surface area contributed by atoms with E-state index in [1.165, 1.54) is 12.4 Å². The molecule has 0 aliphatic heterocycles. The molecule has 2 unspecified atom stereocenters. The number of sulfone groups is 1. The van der Waals surface area contributed by atoms with Gasteiger partial charge in [0.15, 0.2) is 9.84 Å². The Balaban J connectivity index is 1.73. The normalized spacial score (nSPS) is 20.1. The second kappa shape index (κ2) is 10.7. The van der Waals surface area contributed by atoms with Crippen LogP contribution >= 0.6 is 0 Å². The molecule has 3 aromatic rings. The molecule has 2 atom stereocenters. The maximum absolute atomic E-state index is 14.6. The Morgan fingerprint density at radius 2 is 1.54 bits per heavy atom. The molecule has 0 radical (unpaired) electrons. The number of benzene rings is 2. The third-order valence-electron chi connectivity index (χ3n) is 7.15. The van der Waals surface area contributed by atoms with Crippen molar-refractivity contribution in [2.75, 3.05) is 0 Å². The van der Waals surface area contributed by atoms with Gasteiger partial charge in [-0.15, -0.1) is 0 Å². The highest BCUT2D eigenvalue weighted by Gasteiger charge is 2.73. The average Bonchev–Trinajstić information content (AvgIpc) is 3.33. The third-order valence-corrected chi connectivity index (χ3v) is 9.68.